The summed E-state index contributed by atoms with van der Waals surface area (Å²) in [7, 11) is 0. The molecule has 4 rings (SSSR count). The van der Waals surface area contributed by atoms with Crippen LogP contribution in [0.2, 0.25) is 10.0 Å². The minimum atomic E-state index is -4.46. The van der Waals surface area contributed by atoms with Gasteiger partial charge in [-0.2, -0.15) is 13.2 Å². The van der Waals surface area contributed by atoms with Gasteiger partial charge in [-0.1, -0.05) is 35.3 Å². The lowest BCUT2D eigenvalue weighted by atomic mass is 10.2. The summed E-state index contributed by atoms with van der Waals surface area (Å²) in [5.74, 6) is -0.468. The van der Waals surface area contributed by atoms with Gasteiger partial charge in [-0.3, -0.25) is 14.5 Å². The minimum Gasteiger partial charge on any atom is -0.318 e. The van der Waals surface area contributed by atoms with E-state index < -0.39 is 22.9 Å². The Hall–Kier alpha value is -2.68. The molecule has 2 amide bonds. The highest BCUT2D eigenvalue weighted by atomic mass is 35.5. The maximum Gasteiger partial charge on any atom is 0.416 e. The summed E-state index contributed by atoms with van der Waals surface area (Å²) < 4.78 is 41.2. The molecular formula is C24H17Cl2F3N2O2S. The van der Waals surface area contributed by atoms with Gasteiger partial charge in [0.15, 0.2) is 0 Å². The average Bonchev–Trinajstić information content (AvgIpc) is 3.18. The zero-order chi connectivity index (χ0) is 24.8. The highest BCUT2D eigenvalue weighted by Gasteiger charge is 2.36. The van der Waals surface area contributed by atoms with Crippen LogP contribution in [0, 0.1) is 13.8 Å². The molecule has 0 unspecified atom stereocenters. The number of amides is 2. The zero-order valence-corrected chi connectivity index (χ0v) is 20.2. The van der Waals surface area contributed by atoms with E-state index in [0.29, 0.717) is 38.2 Å². The van der Waals surface area contributed by atoms with Gasteiger partial charge >= 0.3 is 6.18 Å². The molecule has 1 saturated heterocycles. The van der Waals surface area contributed by atoms with Gasteiger partial charge in [0.1, 0.15) is 0 Å². The molecule has 1 aromatic heterocycles. The molecule has 2 heterocycles. The minimum absolute atomic E-state index is 0.00126. The Balaban J connectivity index is 1.64. The van der Waals surface area contributed by atoms with E-state index in [1.807, 2.05) is 0 Å². The van der Waals surface area contributed by atoms with Gasteiger partial charge in [0, 0.05) is 27.1 Å². The first-order valence-corrected chi connectivity index (χ1v) is 11.6. The number of imide groups is 1. The maximum absolute atomic E-state index is 13.2. The highest BCUT2D eigenvalue weighted by molar-refractivity contribution is 8.18. The molecule has 34 heavy (non-hydrogen) atoms. The number of thioether (sulfide) groups is 1. The van der Waals surface area contributed by atoms with Gasteiger partial charge in [0.05, 0.1) is 17.0 Å². The fraction of sp³-hybridized carbons (Fsp3) is 0.167. The molecule has 0 bridgehead atoms. The molecule has 0 aliphatic carbocycles. The Morgan fingerprint density at radius 2 is 1.76 bits per heavy atom. The first-order valence-electron chi connectivity index (χ1n) is 10.0. The summed E-state index contributed by atoms with van der Waals surface area (Å²) in [6.45, 7) is 3.51. The fourth-order valence-electron chi connectivity index (χ4n) is 3.75. The predicted molar refractivity (Wildman–Crippen MR) is 128 cm³/mol. The number of nitrogens with zero attached hydrogens (tertiary/aromatic N) is 2. The van der Waals surface area contributed by atoms with Crippen molar-refractivity contribution < 1.29 is 22.8 Å². The SMILES string of the molecule is Cc1cc(/C=C2/SC(=O)N(Cc3ccc(Cl)cc3Cl)C2=O)c(C)n1-c1cccc(C(F)(F)F)c1. The van der Waals surface area contributed by atoms with Gasteiger partial charge < -0.3 is 4.57 Å². The largest absolute Gasteiger partial charge is 0.416 e. The topological polar surface area (TPSA) is 42.3 Å². The van der Waals surface area contributed by atoms with E-state index in [-0.39, 0.29) is 11.4 Å². The van der Waals surface area contributed by atoms with E-state index in [0.717, 1.165) is 28.8 Å². The van der Waals surface area contributed by atoms with Crippen molar-refractivity contribution in [1.29, 1.82) is 0 Å². The number of benzene rings is 2. The van der Waals surface area contributed by atoms with Gasteiger partial charge in [-0.25, -0.2) is 0 Å². The summed E-state index contributed by atoms with van der Waals surface area (Å²) in [5.41, 5.74) is 2.15. The molecule has 0 saturated carbocycles. The Labute approximate surface area is 207 Å². The van der Waals surface area contributed by atoms with Crippen LogP contribution in [0.3, 0.4) is 0 Å². The molecule has 176 valence electrons. The normalized spacial score (nSPS) is 15.6. The van der Waals surface area contributed by atoms with Crippen molar-refractivity contribution in [2.24, 2.45) is 0 Å². The van der Waals surface area contributed by atoms with Crippen LogP contribution in [-0.2, 0) is 17.5 Å². The molecule has 10 heteroatoms. The van der Waals surface area contributed by atoms with Crippen molar-refractivity contribution in [3.63, 3.8) is 0 Å². The van der Waals surface area contributed by atoms with Crippen LogP contribution in [0.1, 0.15) is 28.1 Å². The van der Waals surface area contributed by atoms with Crippen LogP contribution < -0.4 is 0 Å². The standard InChI is InChI=1S/C24H17Cl2F3N2O2S/c1-13-8-16(14(2)31(13)19-5-3-4-17(10-19)24(27,28)29)9-21-22(32)30(23(33)34-21)12-15-6-7-18(25)11-20(15)26/h3-11H,12H2,1-2H3/b21-9+. The van der Waals surface area contributed by atoms with Crippen molar-refractivity contribution in [1.82, 2.24) is 9.47 Å². The average molecular weight is 525 g/mol. The van der Waals surface area contributed by atoms with Gasteiger partial charge in [0.25, 0.3) is 11.1 Å². The summed E-state index contributed by atoms with van der Waals surface area (Å²) in [5, 5.41) is 0.355. The second kappa shape index (κ2) is 9.17. The van der Waals surface area contributed by atoms with Crippen LogP contribution in [0.5, 0.6) is 0 Å². The first kappa shape index (κ1) is 24.4. The summed E-state index contributed by atoms with van der Waals surface area (Å²) in [6, 6.07) is 11.6. The van der Waals surface area contributed by atoms with E-state index in [4.69, 9.17) is 23.2 Å². The summed E-state index contributed by atoms with van der Waals surface area (Å²) >= 11 is 12.9. The van der Waals surface area contributed by atoms with Crippen molar-refractivity contribution in [3.05, 3.63) is 91.6 Å². The molecular weight excluding hydrogens is 508 g/mol. The van der Waals surface area contributed by atoms with Crippen molar-refractivity contribution in [2.45, 2.75) is 26.6 Å². The van der Waals surface area contributed by atoms with Crippen molar-refractivity contribution >= 4 is 52.2 Å². The number of alkyl halides is 3. The third-order valence-electron chi connectivity index (χ3n) is 5.41. The number of hydrogen-bond donors (Lipinski definition) is 0. The Morgan fingerprint density at radius 1 is 1.03 bits per heavy atom. The lowest BCUT2D eigenvalue weighted by molar-refractivity contribution is -0.137. The molecule has 0 N–H and O–H groups in total. The second-order valence-electron chi connectivity index (χ2n) is 7.71. The van der Waals surface area contributed by atoms with E-state index in [1.165, 1.54) is 12.1 Å². The first-order chi connectivity index (χ1) is 16.0. The van der Waals surface area contributed by atoms with E-state index >= 15 is 0 Å². The quantitative estimate of drug-likeness (QED) is 0.329. The molecule has 1 aliphatic rings. The van der Waals surface area contributed by atoms with Crippen LogP contribution in [0.25, 0.3) is 11.8 Å². The molecule has 0 radical (unpaired) electrons. The monoisotopic (exact) mass is 524 g/mol. The third-order valence-corrected chi connectivity index (χ3v) is 6.90. The zero-order valence-electron chi connectivity index (χ0n) is 17.9. The van der Waals surface area contributed by atoms with Crippen LogP contribution in [-0.4, -0.2) is 20.6 Å². The Bertz CT molecular complexity index is 1350. The number of halogens is 5. The van der Waals surface area contributed by atoms with Crippen LogP contribution in [0.15, 0.2) is 53.4 Å². The highest BCUT2D eigenvalue weighted by Crippen LogP contribution is 2.36. The van der Waals surface area contributed by atoms with Crippen LogP contribution >= 0.6 is 35.0 Å². The number of aromatic nitrogens is 1. The molecule has 2 aromatic carbocycles. The van der Waals surface area contributed by atoms with E-state index in [1.54, 1.807) is 48.8 Å². The second-order valence-corrected chi connectivity index (χ2v) is 9.55. The smallest absolute Gasteiger partial charge is 0.318 e. The number of aryl methyl sites for hydroxylation is 1. The third kappa shape index (κ3) is 4.76. The summed E-state index contributed by atoms with van der Waals surface area (Å²) in [4.78, 5) is 26.8. The number of rotatable bonds is 4. The van der Waals surface area contributed by atoms with Gasteiger partial charge in [-0.05, 0) is 79.2 Å². The summed E-state index contributed by atoms with van der Waals surface area (Å²) in [6.07, 6.45) is -2.87. The Kier molecular flexibility index (Phi) is 6.59. The molecule has 0 atom stereocenters. The lowest BCUT2D eigenvalue weighted by Gasteiger charge is -2.13. The van der Waals surface area contributed by atoms with E-state index in [9.17, 15) is 22.8 Å². The number of carbonyl (C=O) groups excluding carboxylic acids is 2. The van der Waals surface area contributed by atoms with E-state index in [2.05, 4.69) is 0 Å². The fourth-order valence-corrected chi connectivity index (χ4v) is 5.05. The maximum atomic E-state index is 13.2. The Morgan fingerprint density at radius 3 is 2.44 bits per heavy atom. The number of hydrogen-bond acceptors (Lipinski definition) is 3. The van der Waals surface area contributed by atoms with Crippen molar-refractivity contribution in [3.8, 4) is 5.69 Å². The molecule has 3 aromatic rings. The molecule has 1 fully saturated rings. The lowest BCUT2D eigenvalue weighted by Crippen LogP contribution is -2.27. The molecule has 4 nitrogen and oxygen atoms in total. The van der Waals surface area contributed by atoms with Crippen molar-refractivity contribution in [2.75, 3.05) is 0 Å². The van der Waals surface area contributed by atoms with Crippen LogP contribution in [0.4, 0.5) is 18.0 Å². The molecule has 1 aliphatic heterocycles. The number of carbonyl (C=O) groups is 2. The van der Waals surface area contributed by atoms with Gasteiger partial charge in [-0.15, -0.1) is 0 Å². The molecule has 0 spiro atoms. The predicted octanol–water partition coefficient (Wildman–Crippen LogP) is 7.66. The van der Waals surface area contributed by atoms with Gasteiger partial charge in [0.2, 0.25) is 0 Å².